The van der Waals surface area contributed by atoms with Crippen LogP contribution in [0.4, 0.5) is 5.95 Å². The number of methoxy groups -OCH3 is 1. The first kappa shape index (κ1) is 14.1. The zero-order chi connectivity index (χ0) is 13.5. The van der Waals surface area contributed by atoms with E-state index in [1.165, 1.54) is 25.8 Å². The van der Waals surface area contributed by atoms with E-state index in [4.69, 9.17) is 4.74 Å². The summed E-state index contributed by atoms with van der Waals surface area (Å²) in [6, 6.07) is 1.78. The second-order valence-corrected chi connectivity index (χ2v) is 4.93. The van der Waals surface area contributed by atoms with Gasteiger partial charge in [0.05, 0.1) is 7.11 Å². The minimum atomic E-state index is 0.635. The summed E-state index contributed by atoms with van der Waals surface area (Å²) < 4.78 is 5.14. The lowest BCUT2D eigenvalue weighted by atomic mass is 10.2. The molecule has 1 fully saturated rings. The van der Waals surface area contributed by atoms with Crippen LogP contribution in [0.25, 0.3) is 0 Å². The maximum atomic E-state index is 5.14. The second-order valence-electron chi connectivity index (χ2n) is 4.93. The highest BCUT2D eigenvalue weighted by Crippen LogP contribution is 2.14. The summed E-state index contributed by atoms with van der Waals surface area (Å²) in [7, 11) is 1.64. The number of piperazine rings is 1. The maximum absolute atomic E-state index is 5.14. The predicted octanol–water partition coefficient (Wildman–Crippen LogP) is 1.80. The minimum absolute atomic E-state index is 0.635. The Hall–Kier alpha value is -1.36. The summed E-state index contributed by atoms with van der Waals surface area (Å²) >= 11 is 0. The molecule has 2 rings (SSSR count). The SMILES string of the molecule is CCCCCN1CCN(c2nccc(OC)n2)CC1. The van der Waals surface area contributed by atoms with Gasteiger partial charge >= 0.3 is 0 Å². The number of rotatable bonds is 6. The van der Waals surface area contributed by atoms with Crippen molar-refractivity contribution in [1.82, 2.24) is 14.9 Å². The largest absolute Gasteiger partial charge is 0.481 e. The van der Waals surface area contributed by atoms with Crippen LogP contribution in [0.2, 0.25) is 0 Å². The molecule has 0 amide bonds. The lowest BCUT2D eigenvalue weighted by Gasteiger charge is -2.34. The van der Waals surface area contributed by atoms with E-state index in [1.54, 1.807) is 19.4 Å². The van der Waals surface area contributed by atoms with E-state index in [1.807, 2.05) is 0 Å². The number of aromatic nitrogens is 2. The molecule has 0 N–H and O–H groups in total. The molecule has 0 aliphatic carbocycles. The summed E-state index contributed by atoms with van der Waals surface area (Å²) in [5.74, 6) is 1.42. The molecule has 0 saturated carbocycles. The summed E-state index contributed by atoms with van der Waals surface area (Å²) in [6.45, 7) is 7.67. The normalized spacial score (nSPS) is 16.6. The number of anilines is 1. The molecule has 0 radical (unpaired) electrons. The fraction of sp³-hybridized carbons (Fsp3) is 0.714. The molecule has 5 heteroatoms. The predicted molar refractivity (Wildman–Crippen MR) is 76.8 cm³/mol. The molecule has 1 aromatic heterocycles. The van der Waals surface area contributed by atoms with Crippen molar-refractivity contribution in [2.24, 2.45) is 0 Å². The number of hydrogen-bond acceptors (Lipinski definition) is 5. The molecule has 1 saturated heterocycles. The van der Waals surface area contributed by atoms with Crippen molar-refractivity contribution in [2.45, 2.75) is 26.2 Å². The smallest absolute Gasteiger partial charge is 0.228 e. The number of unbranched alkanes of at least 4 members (excludes halogenated alkanes) is 2. The van der Waals surface area contributed by atoms with Gasteiger partial charge in [0.25, 0.3) is 0 Å². The lowest BCUT2D eigenvalue weighted by molar-refractivity contribution is 0.251. The molecule has 0 unspecified atom stereocenters. The molecule has 1 aromatic rings. The molecular weight excluding hydrogens is 240 g/mol. The highest BCUT2D eigenvalue weighted by atomic mass is 16.5. The van der Waals surface area contributed by atoms with Crippen LogP contribution in [0.1, 0.15) is 26.2 Å². The summed E-state index contributed by atoms with van der Waals surface area (Å²) in [6.07, 6.45) is 5.69. The topological polar surface area (TPSA) is 41.5 Å². The van der Waals surface area contributed by atoms with Crippen molar-refractivity contribution in [3.8, 4) is 5.88 Å². The zero-order valence-corrected chi connectivity index (χ0v) is 12.0. The Morgan fingerprint density at radius 2 is 2.00 bits per heavy atom. The van der Waals surface area contributed by atoms with E-state index < -0.39 is 0 Å². The molecule has 19 heavy (non-hydrogen) atoms. The van der Waals surface area contributed by atoms with Gasteiger partial charge in [0.2, 0.25) is 11.8 Å². The van der Waals surface area contributed by atoms with Gasteiger partial charge in [0.1, 0.15) is 0 Å². The lowest BCUT2D eigenvalue weighted by Crippen LogP contribution is -2.47. The van der Waals surface area contributed by atoms with Crippen LogP contribution in [0.15, 0.2) is 12.3 Å². The van der Waals surface area contributed by atoms with E-state index in [2.05, 4.69) is 26.7 Å². The van der Waals surface area contributed by atoms with Crippen LogP contribution in [-0.2, 0) is 0 Å². The fourth-order valence-electron chi connectivity index (χ4n) is 2.36. The summed E-state index contributed by atoms with van der Waals surface area (Å²) in [5, 5.41) is 0. The Balaban J connectivity index is 1.82. The Morgan fingerprint density at radius 1 is 1.21 bits per heavy atom. The van der Waals surface area contributed by atoms with Gasteiger partial charge in [0, 0.05) is 38.4 Å². The van der Waals surface area contributed by atoms with Gasteiger partial charge < -0.3 is 9.64 Å². The third-order valence-corrected chi connectivity index (χ3v) is 3.56. The van der Waals surface area contributed by atoms with Crippen LogP contribution in [0.3, 0.4) is 0 Å². The Kier molecular flexibility index (Phi) is 5.39. The molecular formula is C14H24N4O. The number of nitrogens with zero attached hydrogens (tertiary/aromatic N) is 4. The first-order valence-corrected chi connectivity index (χ1v) is 7.18. The van der Waals surface area contributed by atoms with Crippen molar-refractivity contribution in [2.75, 3.05) is 44.7 Å². The third-order valence-electron chi connectivity index (χ3n) is 3.56. The zero-order valence-electron chi connectivity index (χ0n) is 12.0. The highest BCUT2D eigenvalue weighted by Gasteiger charge is 2.18. The first-order valence-electron chi connectivity index (χ1n) is 7.18. The Morgan fingerprint density at radius 3 is 2.68 bits per heavy atom. The quantitative estimate of drug-likeness (QED) is 0.733. The van der Waals surface area contributed by atoms with Crippen molar-refractivity contribution in [3.05, 3.63) is 12.3 Å². The number of ether oxygens (including phenoxy) is 1. The van der Waals surface area contributed by atoms with Crippen LogP contribution in [0, 0.1) is 0 Å². The van der Waals surface area contributed by atoms with E-state index in [9.17, 15) is 0 Å². The molecule has 1 aliphatic heterocycles. The van der Waals surface area contributed by atoms with Gasteiger partial charge in [0.15, 0.2) is 0 Å². The van der Waals surface area contributed by atoms with Gasteiger partial charge in [-0.3, -0.25) is 4.90 Å². The highest BCUT2D eigenvalue weighted by molar-refractivity contribution is 5.32. The molecule has 0 spiro atoms. The fourth-order valence-corrected chi connectivity index (χ4v) is 2.36. The standard InChI is InChI=1S/C14H24N4O/c1-3-4-5-8-17-9-11-18(12-10-17)14-15-7-6-13(16-14)19-2/h6-7H,3-5,8-12H2,1-2H3. The summed E-state index contributed by atoms with van der Waals surface area (Å²) in [4.78, 5) is 13.5. The average molecular weight is 264 g/mol. The second kappa shape index (κ2) is 7.28. The van der Waals surface area contributed by atoms with Crippen molar-refractivity contribution in [1.29, 1.82) is 0 Å². The van der Waals surface area contributed by atoms with Crippen LogP contribution in [-0.4, -0.2) is 54.7 Å². The molecule has 0 aromatic carbocycles. The molecule has 5 nitrogen and oxygen atoms in total. The maximum Gasteiger partial charge on any atom is 0.228 e. The van der Waals surface area contributed by atoms with Crippen LogP contribution in [0.5, 0.6) is 5.88 Å². The van der Waals surface area contributed by atoms with Gasteiger partial charge in [-0.05, 0) is 13.0 Å². The minimum Gasteiger partial charge on any atom is -0.481 e. The van der Waals surface area contributed by atoms with Gasteiger partial charge in [-0.2, -0.15) is 4.98 Å². The van der Waals surface area contributed by atoms with E-state index in [-0.39, 0.29) is 0 Å². The Bertz CT molecular complexity index is 377. The van der Waals surface area contributed by atoms with Gasteiger partial charge in [-0.25, -0.2) is 4.98 Å². The van der Waals surface area contributed by atoms with Gasteiger partial charge in [-0.15, -0.1) is 0 Å². The van der Waals surface area contributed by atoms with E-state index >= 15 is 0 Å². The van der Waals surface area contributed by atoms with Crippen molar-refractivity contribution in [3.63, 3.8) is 0 Å². The molecule has 1 aliphatic rings. The van der Waals surface area contributed by atoms with Crippen LogP contribution < -0.4 is 9.64 Å². The summed E-state index contributed by atoms with van der Waals surface area (Å²) in [5.41, 5.74) is 0. The Labute approximate surface area is 115 Å². The molecule has 0 atom stereocenters. The third kappa shape index (κ3) is 4.06. The monoisotopic (exact) mass is 264 g/mol. The number of hydrogen-bond donors (Lipinski definition) is 0. The molecule has 106 valence electrons. The molecule has 2 heterocycles. The van der Waals surface area contributed by atoms with Crippen molar-refractivity contribution < 1.29 is 4.74 Å². The van der Waals surface area contributed by atoms with E-state index in [0.717, 1.165) is 32.1 Å². The van der Waals surface area contributed by atoms with Crippen molar-refractivity contribution >= 4 is 5.95 Å². The average Bonchev–Trinajstić information content (AvgIpc) is 2.48. The van der Waals surface area contributed by atoms with E-state index in [0.29, 0.717) is 5.88 Å². The van der Waals surface area contributed by atoms with Crippen LogP contribution >= 0.6 is 0 Å². The molecule has 0 bridgehead atoms. The van der Waals surface area contributed by atoms with Gasteiger partial charge in [-0.1, -0.05) is 19.8 Å². The first-order chi connectivity index (χ1) is 9.33.